The summed E-state index contributed by atoms with van der Waals surface area (Å²) in [5, 5.41) is 1.64. The van der Waals surface area contributed by atoms with Gasteiger partial charge < -0.3 is 10.6 Å². The third-order valence-electron chi connectivity index (χ3n) is 3.84. The number of rotatable bonds is 4. The monoisotopic (exact) mass is 367 g/mol. The smallest absolute Gasteiger partial charge is 0.265 e. The molecule has 2 heterocycles. The van der Waals surface area contributed by atoms with Crippen molar-refractivity contribution in [1.82, 2.24) is 9.21 Å². The second-order valence-electron chi connectivity index (χ2n) is 5.55. The zero-order chi connectivity index (χ0) is 15.8. The molecule has 0 aliphatic carbocycles. The van der Waals surface area contributed by atoms with E-state index >= 15 is 0 Å². The number of hydrogen-bond acceptors (Lipinski definition) is 5. The lowest BCUT2D eigenvalue weighted by Gasteiger charge is -2.22. The third-order valence-corrected chi connectivity index (χ3v) is 6.73. The average molecular weight is 368 g/mol. The second-order valence-corrected chi connectivity index (χ2v) is 8.58. The SMILES string of the molecule is CC1CC(CN)CN1C(=O)c1sccc1S(=O)(=O)N(C)C.Cl. The molecule has 1 aliphatic heterocycles. The number of nitrogens with zero attached hydrogens (tertiary/aromatic N) is 2. The van der Waals surface area contributed by atoms with E-state index in [-0.39, 0.29) is 40.0 Å². The third kappa shape index (κ3) is 3.46. The van der Waals surface area contributed by atoms with Crippen molar-refractivity contribution >= 4 is 39.7 Å². The molecule has 0 aromatic carbocycles. The van der Waals surface area contributed by atoms with Crippen LogP contribution < -0.4 is 5.73 Å². The Morgan fingerprint density at radius 3 is 2.64 bits per heavy atom. The molecule has 2 N–H and O–H groups in total. The molecule has 0 saturated carbocycles. The molecule has 1 fully saturated rings. The first-order valence-electron chi connectivity index (χ1n) is 6.80. The quantitative estimate of drug-likeness (QED) is 0.867. The molecule has 1 amide bonds. The Labute approximate surface area is 141 Å². The van der Waals surface area contributed by atoms with Crippen molar-refractivity contribution in [1.29, 1.82) is 0 Å². The van der Waals surface area contributed by atoms with Crippen LogP contribution in [-0.4, -0.2) is 56.8 Å². The Balaban J connectivity index is 0.00000242. The van der Waals surface area contributed by atoms with Gasteiger partial charge in [-0.1, -0.05) is 0 Å². The number of thiophene rings is 1. The number of carbonyl (C=O) groups excluding carboxylic acids is 1. The van der Waals surface area contributed by atoms with E-state index in [2.05, 4.69) is 0 Å². The number of carbonyl (C=O) groups is 1. The minimum absolute atomic E-state index is 0. The minimum atomic E-state index is -3.60. The van der Waals surface area contributed by atoms with Crippen molar-refractivity contribution in [3.05, 3.63) is 16.3 Å². The Morgan fingerprint density at radius 2 is 2.14 bits per heavy atom. The summed E-state index contributed by atoms with van der Waals surface area (Å²) in [4.78, 5) is 14.8. The largest absolute Gasteiger partial charge is 0.335 e. The van der Waals surface area contributed by atoms with Crippen molar-refractivity contribution in [2.24, 2.45) is 11.7 Å². The lowest BCUT2D eigenvalue weighted by atomic mass is 10.1. The number of likely N-dealkylation sites (tertiary alicyclic amines) is 1. The number of sulfonamides is 1. The molecule has 2 rings (SSSR count). The van der Waals surface area contributed by atoms with Gasteiger partial charge in [0.05, 0.1) is 0 Å². The van der Waals surface area contributed by atoms with E-state index in [1.807, 2.05) is 6.92 Å². The van der Waals surface area contributed by atoms with Gasteiger partial charge >= 0.3 is 0 Å². The van der Waals surface area contributed by atoms with E-state index in [1.165, 1.54) is 31.5 Å². The zero-order valence-electron chi connectivity index (χ0n) is 12.9. The van der Waals surface area contributed by atoms with E-state index < -0.39 is 10.0 Å². The Kier molecular flexibility index (Phi) is 6.40. The molecule has 1 aromatic heterocycles. The van der Waals surface area contributed by atoms with E-state index in [1.54, 1.807) is 10.3 Å². The molecule has 6 nitrogen and oxygen atoms in total. The van der Waals surface area contributed by atoms with Crippen LogP contribution in [0.1, 0.15) is 23.0 Å². The highest BCUT2D eigenvalue weighted by molar-refractivity contribution is 7.89. The fourth-order valence-corrected chi connectivity index (χ4v) is 4.82. The number of halogens is 1. The maximum Gasteiger partial charge on any atom is 0.265 e. The van der Waals surface area contributed by atoms with Crippen LogP contribution in [0.2, 0.25) is 0 Å². The van der Waals surface area contributed by atoms with Gasteiger partial charge in [-0.05, 0) is 37.3 Å². The summed E-state index contributed by atoms with van der Waals surface area (Å²) in [7, 11) is -0.679. The van der Waals surface area contributed by atoms with Gasteiger partial charge in [-0.25, -0.2) is 12.7 Å². The highest BCUT2D eigenvalue weighted by atomic mass is 35.5. The molecule has 0 radical (unpaired) electrons. The predicted molar refractivity (Wildman–Crippen MR) is 90.1 cm³/mol. The van der Waals surface area contributed by atoms with Gasteiger partial charge in [0, 0.05) is 26.7 Å². The first kappa shape index (κ1) is 19.4. The van der Waals surface area contributed by atoms with Crippen LogP contribution >= 0.6 is 23.7 Å². The highest BCUT2D eigenvalue weighted by Crippen LogP contribution is 2.30. The maximum absolute atomic E-state index is 12.7. The molecule has 126 valence electrons. The number of hydrogen-bond donors (Lipinski definition) is 1. The summed E-state index contributed by atoms with van der Waals surface area (Å²) in [5.74, 6) is 0.0756. The van der Waals surface area contributed by atoms with Crippen molar-refractivity contribution < 1.29 is 13.2 Å². The predicted octanol–water partition coefficient (Wildman–Crippen LogP) is 1.23. The highest BCUT2D eigenvalue weighted by Gasteiger charge is 2.35. The Bertz CT molecular complexity index is 630. The van der Waals surface area contributed by atoms with Crippen LogP contribution in [0.15, 0.2) is 16.3 Å². The summed E-state index contributed by atoms with van der Waals surface area (Å²) < 4.78 is 25.7. The summed E-state index contributed by atoms with van der Waals surface area (Å²) in [6, 6.07) is 1.58. The Hall–Kier alpha value is -0.670. The number of amides is 1. The molecule has 1 aliphatic rings. The van der Waals surface area contributed by atoms with Crippen molar-refractivity contribution in [3.8, 4) is 0 Å². The molecule has 22 heavy (non-hydrogen) atoms. The fraction of sp³-hybridized carbons (Fsp3) is 0.615. The van der Waals surface area contributed by atoms with Gasteiger partial charge in [0.25, 0.3) is 5.91 Å². The van der Waals surface area contributed by atoms with Crippen LogP contribution in [0.25, 0.3) is 0 Å². The minimum Gasteiger partial charge on any atom is -0.335 e. The van der Waals surface area contributed by atoms with Crippen LogP contribution in [-0.2, 0) is 10.0 Å². The van der Waals surface area contributed by atoms with Crippen LogP contribution in [0.5, 0.6) is 0 Å². The van der Waals surface area contributed by atoms with Gasteiger partial charge in [0.15, 0.2) is 0 Å². The molecule has 9 heteroatoms. The molecule has 0 bridgehead atoms. The van der Waals surface area contributed by atoms with E-state index in [0.29, 0.717) is 13.1 Å². The lowest BCUT2D eigenvalue weighted by Crippen LogP contribution is -2.35. The van der Waals surface area contributed by atoms with E-state index in [4.69, 9.17) is 5.73 Å². The molecule has 1 saturated heterocycles. The van der Waals surface area contributed by atoms with Crippen molar-refractivity contribution in [3.63, 3.8) is 0 Å². The van der Waals surface area contributed by atoms with Crippen LogP contribution in [0, 0.1) is 5.92 Å². The molecule has 2 unspecified atom stereocenters. The number of nitrogens with two attached hydrogens (primary N) is 1. The lowest BCUT2D eigenvalue weighted by molar-refractivity contribution is 0.0744. The normalized spacial score (nSPS) is 22.0. The van der Waals surface area contributed by atoms with Gasteiger partial charge in [0.2, 0.25) is 10.0 Å². The van der Waals surface area contributed by atoms with Crippen molar-refractivity contribution in [2.75, 3.05) is 27.2 Å². The second kappa shape index (κ2) is 7.27. The van der Waals surface area contributed by atoms with E-state index in [9.17, 15) is 13.2 Å². The Morgan fingerprint density at radius 1 is 1.50 bits per heavy atom. The summed E-state index contributed by atoms with van der Waals surface area (Å²) in [6.45, 7) is 3.11. The van der Waals surface area contributed by atoms with Gasteiger partial charge in [0.1, 0.15) is 9.77 Å². The fourth-order valence-electron chi connectivity index (χ4n) is 2.58. The topological polar surface area (TPSA) is 83.7 Å². The van der Waals surface area contributed by atoms with Gasteiger partial charge in [-0.3, -0.25) is 4.79 Å². The van der Waals surface area contributed by atoms with Gasteiger partial charge in [-0.15, -0.1) is 23.7 Å². The maximum atomic E-state index is 12.7. The average Bonchev–Trinajstić information content (AvgIpc) is 3.04. The zero-order valence-corrected chi connectivity index (χ0v) is 15.3. The standard InChI is InChI=1S/C13H21N3O3S2.ClH/c1-9-6-10(7-14)8-16(9)13(17)12-11(4-5-20-12)21(18,19)15(2)3;/h4-5,9-10H,6-8,14H2,1-3H3;1H. The van der Waals surface area contributed by atoms with Crippen LogP contribution in [0.4, 0.5) is 0 Å². The van der Waals surface area contributed by atoms with Crippen molar-refractivity contribution in [2.45, 2.75) is 24.3 Å². The molecule has 2 atom stereocenters. The molecule has 0 spiro atoms. The van der Waals surface area contributed by atoms with E-state index in [0.717, 1.165) is 10.7 Å². The summed E-state index contributed by atoms with van der Waals surface area (Å²) in [6.07, 6.45) is 0.864. The van der Waals surface area contributed by atoms with Crippen LogP contribution in [0.3, 0.4) is 0 Å². The van der Waals surface area contributed by atoms with Gasteiger partial charge in [-0.2, -0.15) is 0 Å². The first-order chi connectivity index (χ1) is 9.78. The summed E-state index contributed by atoms with van der Waals surface area (Å²) in [5.41, 5.74) is 5.68. The molecular formula is C13H22ClN3O3S2. The summed E-state index contributed by atoms with van der Waals surface area (Å²) >= 11 is 1.17. The molecule has 1 aromatic rings. The first-order valence-corrected chi connectivity index (χ1v) is 9.12. The molecular weight excluding hydrogens is 346 g/mol.